The topological polar surface area (TPSA) is 96.1 Å². The summed E-state index contributed by atoms with van der Waals surface area (Å²) in [5.74, 6) is -0.301. The highest BCUT2D eigenvalue weighted by Gasteiger charge is 2.23. The molecule has 2 N–H and O–H groups in total. The zero-order valence-corrected chi connectivity index (χ0v) is 11.8. The number of hydrogen-bond donors (Lipinski definition) is 2. The average molecular weight is 291 g/mol. The van der Waals surface area contributed by atoms with Gasteiger partial charge in [-0.1, -0.05) is 26.0 Å². The Morgan fingerprint density at radius 1 is 1.45 bits per heavy atom. The minimum absolute atomic E-state index is 0.0489. The molecule has 0 spiro atoms. The van der Waals surface area contributed by atoms with Crippen LogP contribution in [0.1, 0.15) is 30.9 Å². The SMILES string of the molecule is CC(C)c1ccc(C=C2SC(=N)NC2=O)cc1[N+](=O)[O-]. The van der Waals surface area contributed by atoms with Gasteiger partial charge >= 0.3 is 0 Å². The van der Waals surface area contributed by atoms with Crippen molar-refractivity contribution >= 4 is 34.6 Å². The number of carbonyl (C=O) groups is 1. The molecule has 1 fully saturated rings. The number of thioether (sulfide) groups is 1. The average Bonchev–Trinajstić information content (AvgIpc) is 2.67. The molecular formula is C13H13N3O3S. The molecule has 0 unspecified atom stereocenters. The maximum atomic E-state index is 11.5. The second kappa shape index (κ2) is 5.46. The van der Waals surface area contributed by atoms with Crippen LogP contribution in [0.4, 0.5) is 5.69 Å². The summed E-state index contributed by atoms with van der Waals surface area (Å²) >= 11 is 1.01. The van der Waals surface area contributed by atoms with Gasteiger partial charge in [-0.05, 0) is 29.3 Å². The quantitative estimate of drug-likeness (QED) is 0.508. The molecule has 0 bridgehead atoms. The van der Waals surface area contributed by atoms with Gasteiger partial charge in [0.25, 0.3) is 11.6 Å². The van der Waals surface area contributed by atoms with Gasteiger partial charge in [-0.2, -0.15) is 0 Å². The predicted octanol–water partition coefficient (Wildman–Crippen LogP) is 2.86. The number of amidine groups is 1. The standard InChI is InChI=1S/C13H13N3O3S/c1-7(2)9-4-3-8(5-10(9)16(18)19)6-11-12(17)15-13(14)20-11/h3-7H,1-2H3,(H2,14,15,17). The van der Waals surface area contributed by atoms with E-state index in [9.17, 15) is 14.9 Å². The number of amides is 1. The Morgan fingerprint density at radius 3 is 2.65 bits per heavy atom. The van der Waals surface area contributed by atoms with Crippen LogP contribution in [0.15, 0.2) is 23.1 Å². The molecule has 104 valence electrons. The van der Waals surface area contributed by atoms with Crippen molar-refractivity contribution in [3.05, 3.63) is 44.3 Å². The first kappa shape index (κ1) is 14.3. The van der Waals surface area contributed by atoms with E-state index in [1.165, 1.54) is 6.07 Å². The third-order valence-corrected chi connectivity index (χ3v) is 3.66. The van der Waals surface area contributed by atoms with E-state index >= 15 is 0 Å². The number of rotatable bonds is 3. The molecule has 1 heterocycles. The van der Waals surface area contributed by atoms with E-state index in [1.807, 2.05) is 13.8 Å². The minimum Gasteiger partial charge on any atom is -0.301 e. The van der Waals surface area contributed by atoms with Crippen LogP contribution >= 0.6 is 11.8 Å². The van der Waals surface area contributed by atoms with Crippen LogP contribution in [0.5, 0.6) is 0 Å². The fraction of sp³-hybridized carbons (Fsp3) is 0.231. The van der Waals surface area contributed by atoms with Crippen LogP contribution < -0.4 is 5.32 Å². The van der Waals surface area contributed by atoms with Crippen LogP contribution in [-0.2, 0) is 4.79 Å². The number of hydrogen-bond acceptors (Lipinski definition) is 5. The highest BCUT2D eigenvalue weighted by Crippen LogP contribution is 2.30. The number of nitro groups is 1. The molecular weight excluding hydrogens is 278 g/mol. The van der Waals surface area contributed by atoms with E-state index in [1.54, 1.807) is 18.2 Å². The molecule has 1 saturated heterocycles. The monoisotopic (exact) mass is 291 g/mol. The molecule has 7 heteroatoms. The largest absolute Gasteiger partial charge is 0.301 e. The molecule has 1 aliphatic rings. The van der Waals surface area contributed by atoms with Crippen molar-refractivity contribution in [3.63, 3.8) is 0 Å². The first-order chi connectivity index (χ1) is 9.38. The van der Waals surface area contributed by atoms with Gasteiger partial charge in [-0.15, -0.1) is 0 Å². The fourth-order valence-electron chi connectivity index (χ4n) is 1.89. The third-order valence-electron chi connectivity index (χ3n) is 2.83. The Labute approximate surface area is 119 Å². The second-order valence-corrected chi connectivity index (χ2v) is 5.68. The fourth-order valence-corrected chi connectivity index (χ4v) is 2.59. The molecule has 1 aromatic carbocycles. The lowest BCUT2D eigenvalue weighted by atomic mass is 9.99. The number of nitrogens with zero attached hydrogens (tertiary/aromatic N) is 1. The molecule has 1 aliphatic heterocycles. The number of carbonyl (C=O) groups excluding carboxylic acids is 1. The molecule has 0 radical (unpaired) electrons. The van der Waals surface area contributed by atoms with Crippen molar-refractivity contribution in [2.75, 3.05) is 0 Å². The van der Waals surface area contributed by atoms with E-state index in [-0.39, 0.29) is 22.7 Å². The normalized spacial score (nSPS) is 16.9. The maximum absolute atomic E-state index is 11.5. The molecule has 20 heavy (non-hydrogen) atoms. The molecule has 1 aromatic rings. The Bertz CT molecular complexity index is 638. The summed E-state index contributed by atoms with van der Waals surface area (Å²) in [6.45, 7) is 3.78. The van der Waals surface area contributed by atoms with Gasteiger partial charge < -0.3 is 5.32 Å². The molecule has 6 nitrogen and oxygen atoms in total. The van der Waals surface area contributed by atoms with E-state index in [0.29, 0.717) is 16.0 Å². The predicted molar refractivity (Wildman–Crippen MR) is 78.6 cm³/mol. The van der Waals surface area contributed by atoms with Crippen LogP contribution in [0, 0.1) is 15.5 Å². The lowest BCUT2D eigenvalue weighted by Gasteiger charge is -2.07. The molecule has 0 aliphatic carbocycles. The van der Waals surface area contributed by atoms with Gasteiger partial charge in [-0.25, -0.2) is 0 Å². The summed E-state index contributed by atoms with van der Waals surface area (Å²) in [5, 5.41) is 20.9. The molecule has 0 saturated carbocycles. The van der Waals surface area contributed by atoms with Crippen LogP contribution in [0.2, 0.25) is 0 Å². The van der Waals surface area contributed by atoms with Crippen molar-refractivity contribution in [2.24, 2.45) is 0 Å². The lowest BCUT2D eigenvalue weighted by Crippen LogP contribution is -2.18. The highest BCUT2D eigenvalue weighted by molar-refractivity contribution is 8.18. The van der Waals surface area contributed by atoms with E-state index < -0.39 is 4.92 Å². The summed E-state index contributed by atoms with van der Waals surface area (Å²) in [6, 6.07) is 4.90. The Hall–Kier alpha value is -2.15. The summed E-state index contributed by atoms with van der Waals surface area (Å²) in [7, 11) is 0. The lowest BCUT2D eigenvalue weighted by molar-refractivity contribution is -0.385. The number of nitro benzene ring substituents is 1. The first-order valence-electron chi connectivity index (χ1n) is 5.96. The Balaban J connectivity index is 2.42. The highest BCUT2D eigenvalue weighted by atomic mass is 32.2. The van der Waals surface area contributed by atoms with Crippen LogP contribution in [-0.4, -0.2) is 16.0 Å². The summed E-state index contributed by atoms with van der Waals surface area (Å²) in [4.78, 5) is 22.6. The summed E-state index contributed by atoms with van der Waals surface area (Å²) in [6.07, 6.45) is 1.55. The summed E-state index contributed by atoms with van der Waals surface area (Å²) in [5.41, 5.74) is 1.29. The Kier molecular flexibility index (Phi) is 3.89. The molecule has 0 atom stereocenters. The van der Waals surface area contributed by atoms with Gasteiger partial charge in [0.05, 0.1) is 9.83 Å². The zero-order valence-electron chi connectivity index (χ0n) is 11.0. The third kappa shape index (κ3) is 2.88. The smallest absolute Gasteiger partial charge is 0.273 e. The first-order valence-corrected chi connectivity index (χ1v) is 6.78. The summed E-state index contributed by atoms with van der Waals surface area (Å²) < 4.78 is 0. The van der Waals surface area contributed by atoms with E-state index in [4.69, 9.17) is 5.41 Å². The van der Waals surface area contributed by atoms with Gasteiger partial charge in [-0.3, -0.25) is 20.3 Å². The van der Waals surface area contributed by atoms with Gasteiger partial charge in [0, 0.05) is 11.6 Å². The van der Waals surface area contributed by atoms with Gasteiger partial charge in [0.1, 0.15) is 0 Å². The van der Waals surface area contributed by atoms with E-state index in [0.717, 1.165) is 11.8 Å². The molecule has 2 rings (SSSR count). The number of nitrogens with one attached hydrogen (secondary N) is 2. The van der Waals surface area contributed by atoms with Crippen molar-refractivity contribution < 1.29 is 9.72 Å². The molecule has 1 amide bonds. The van der Waals surface area contributed by atoms with Crippen molar-refractivity contribution in [1.82, 2.24) is 5.32 Å². The van der Waals surface area contributed by atoms with Crippen LogP contribution in [0.25, 0.3) is 6.08 Å². The van der Waals surface area contributed by atoms with Gasteiger partial charge in [0.15, 0.2) is 5.17 Å². The van der Waals surface area contributed by atoms with Crippen molar-refractivity contribution in [3.8, 4) is 0 Å². The minimum atomic E-state index is -0.415. The molecule has 0 aromatic heterocycles. The van der Waals surface area contributed by atoms with Crippen LogP contribution in [0.3, 0.4) is 0 Å². The second-order valence-electron chi connectivity index (χ2n) is 4.62. The van der Waals surface area contributed by atoms with Gasteiger partial charge in [0.2, 0.25) is 0 Å². The van der Waals surface area contributed by atoms with E-state index in [2.05, 4.69) is 5.32 Å². The Morgan fingerprint density at radius 2 is 2.15 bits per heavy atom. The maximum Gasteiger partial charge on any atom is 0.273 e. The van der Waals surface area contributed by atoms with Crippen molar-refractivity contribution in [1.29, 1.82) is 5.41 Å². The number of benzene rings is 1. The van der Waals surface area contributed by atoms with Crippen molar-refractivity contribution in [2.45, 2.75) is 19.8 Å². The zero-order chi connectivity index (χ0) is 14.9.